The molecule has 3 heterocycles. The van der Waals surface area contributed by atoms with Gasteiger partial charge in [0.1, 0.15) is 6.61 Å². The first-order valence-corrected chi connectivity index (χ1v) is 12.0. The molecule has 7 unspecified atom stereocenters. The summed E-state index contributed by atoms with van der Waals surface area (Å²) in [6, 6.07) is 1.39. The van der Waals surface area contributed by atoms with Crippen LogP contribution in [0, 0.1) is 11.8 Å². The fourth-order valence-electron chi connectivity index (χ4n) is 6.09. The number of nitrogens with one attached hydrogen (secondary N) is 3. The number of rotatable bonds is 5. The highest BCUT2D eigenvalue weighted by molar-refractivity contribution is 6.21. The maximum absolute atomic E-state index is 12.4. The molecule has 5 nitrogen and oxygen atoms in total. The smallest absolute Gasteiger partial charge is 0.369 e. The van der Waals surface area contributed by atoms with Crippen LogP contribution in [0.25, 0.3) is 0 Å². The van der Waals surface area contributed by atoms with Crippen molar-refractivity contribution in [3.8, 4) is 0 Å². The minimum atomic E-state index is -4.24. The van der Waals surface area contributed by atoms with E-state index in [1.807, 2.05) is 0 Å². The standard InChI is InChI=1S/C21H36ClF3N4O/c1-13-19(29-8-4-15(5-9-29)30-12-21(23,24)25)3-7-27-20(13)28-14-10-17(22)16-2-6-26-18(16)11-14/h13-20,26-28H,2-12H2,1H3. The lowest BCUT2D eigenvalue weighted by Crippen LogP contribution is -2.63. The van der Waals surface area contributed by atoms with E-state index in [2.05, 4.69) is 27.8 Å². The van der Waals surface area contributed by atoms with Crippen LogP contribution in [-0.4, -0.2) is 79.6 Å². The minimum Gasteiger partial charge on any atom is -0.369 e. The molecule has 0 spiro atoms. The molecule has 9 heteroatoms. The molecule has 7 atom stereocenters. The third-order valence-electron chi connectivity index (χ3n) is 7.69. The van der Waals surface area contributed by atoms with Gasteiger partial charge in [0.2, 0.25) is 0 Å². The van der Waals surface area contributed by atoms with Crippen molar-refractivity contribution in [1.29, 1.82) is 0 Å². The molecule has 0 bridgehead atoms. The lowest BCUT2D eigenvalue weighted by atomic mass is 9.81. The molecule has 0 radical (unpaired) electrons. The van der Waals surface area contributed by atoms with Gasteiger partial charge in [-0.05, 0) is 57.5 Å². The highest BCUT2D eigenvalue weighted by atomic mass is 35.5. The molecule has 0 aromatic heterocycles. The summed E-state index contributed by atoms with van der Waals surface area (Å²) in [5.74, 6) is 1.03. The maximum Gasteiger partial charge on any atom is 0.411 e. The van der Waals surface area contributed by atoms with Gasteiger partial charge in [-0.1, -0.05) is 6.92 Å². The number of halogens is 4. The molecule has 0 aromatic carbocycles. The molecule has 4 fully saturated rings. The number of fused-ring (bicyclic) bond motifs is 1. The molecule has 4 rings (SSSR count). The quantitative estimate of drug-likeness (QED) is 0.560. The van der Waals surface area contributed by atoms with Crippen LogP contribution in [0.4, 0.5) is 13.2 Å². The fourth-order valence-corrected chi connectivity index (χ4v) is 6.60. The summed E-state index contributed by atoms with van der Waals surface area (Å²) in [6.07, 6.45) is 1.49. The van der Waals surface area contributed by atoms with Crippen molar-refractivity contribution in [3.05, 3.63) is 0 Å². The van der Waals surface area contributed by atoms with E-state index >= 15 is 0 Å². The van der Waals surface area contributed by atoms with Gasteiger partial charge in [0, 0.05) is 42.5 Å². The highest BCUT2D eigenvalue weighted by Gasteiger charge is 2.42. The SMILES string of the molecule is CC1C(NC2CC(Cl)C3CCNC3C2)NCCC1N1CCC(OCC(F)(F)F)CC1. The van der Waals surface area contributed by atoms with E-state index in [1.54, 1.807) is 0 Å². The number of likely N-dealkylation sites (tertiary alicyclic amines) is 1. The summed E-state index contributed by atoms with van der Waals surface area (Å²) >= 11 is 6.69. The number of ether oxygens (including phenoxy) is 1. The van der Waals surface area contributed by atoms with E-state index in [9.17, 15) is 13.2 Å². The molecule has 30 heavy (non-hydrogen) atoms. The molecule has 1 saturated carbocycles. The summed E-state index contributed by atoms with van der Waals surface area (Å²) in [4.78, 5) is 2.47. The fraction of sp³-hybridized carbons (Fsp3) is 1.00. The Morgan fingerprint density at radius 1 is 1.07 bits per heavy atom. The van der Waals surface area contributed by atoms with E-state index < -0.39 is 12.8 Å². The normalized spacial score (nSPS) is 41.7. The molecular weight excluding hydrogens is 417 g/mol. The first-order valence-electron chi connectivity index (χ1n) is 11.6. The first-order chi connectivity index (χ1) is 14.3. The van der Waals surface area contributed by atoms with Gasteiger partial charge < -0.3 is 15.4 Å². The van der Waals surface area contributed by atoms with Crippen LogP contribution in [0.1, 0.15) is 45.4 Å². The monoisotopic (exact) mass is 452 g/mol. The Labute approximate surface area is 182 Å². The lowest BCUT2D eigenvalue weighted by Gasteiger charge is -2.47. The van der Waals surface area contributed by atoms with Crippen molar-refractivity contribution in [3.63, 3.8) is 0 Å². The summed E-state index contributed by atoms with van der Waals surface area (Å²) in [6.45, 7) is 4.81. The summed E-state index contributed by atoms with van der Waals surface area (Å²) in [5, 5.41) is 11.4. The average Bonchev–Trinajstić information content (AvgIpc) is 3.17. The predicted octanol–water partition coefficient (Wildman–Crippen LogP) is 2.69. The van der Waals surface area contributed by atoms with E-state index in [0.29, 0.717) is 42.8 Å². The number of hydrogen-bond acceptors (Lipinski definition) is 5. The minimum absolute atomic E-state index is 0.238. The van der Waals surface area contributed by atoms with Gasteiger partial charge in [-0.25, -0.2) is 0 Å². The topological polar surface area (TPSA) is 48.6 Å². The van der Waals surface area contributed by atoms with E-state index in [0.717, 1.165) is 45.4 Å². The number of piperidine rings is 2. The van der Waals surface area contributed by atoms with Crippen molar-refractivity contribution < 1.29 is 17.9 Å². The number of alkyl halides is 4. The second-order valence-corrected chi connectivity index (χ2v) is 10.2. The highest BCUT2D eigenvalue weighted by Crippen LogP contribution is 2.35. The summed E-state index contributed by atoms with van der Waals surface area (Å²) in [5.41, 5.74) is 0. The van der Waals surface area contributed by atoms with Crippen LogP contribution in [0.2, 0.25) is 0 Å². The van der Waals surface area contributed by atoms with Crippen LogP contribution in [0.15, 0.2) is 0 Å². The van der Waals surface area contributed by atoms with Crippen molar-refractivity contribution in [2.24, 2.45) is 11.8 Å². The van der Waals surface area contributed by atoms with Crippen molar-refractivity contribution >= 4 is 11.6 Å². The molecule has 0 amide bonds. The Morgan fingerprint density at radius 2 is 1.80 bits per heavy atom. The Hall–Kier alpha value is -0.120. The van der Waals surface area contributed by atoms with Crippen molar-refractivity contribution in [2.75, 3.05) is 32.8 Å². The van der Waals surface area contributed by atoms with Gasteiger partial charge >= 0.3 is 6.18 Å². The molecule has 174 valence electrons. The predicted molar refractivity (Wildman–Crippen MR) is 112 cm³/mol. The van der Waals surface area contributed by atoms with Gasteiger partial charge in [-0.3, -0.25) is 10.2 Å². The Morgan fingerprint density at radius 3 is 2.53 bits per heavy atom. The van der Waals surface area contributed by atoms with E-state index in [-0.39, 0.29) is 17.6 Å². The van der Waals surface area contributed by atoms with Gasteiger partial charge in [0.25, 0.3) is 0 Å². The molecule has 1 aliphatic carbocycles. The first kappa shape index (κ1) is 23.1. The molecule has 3 aliphatic heterocycles. The van der Waals surface area contributed by atoms with Crippen LogP contribution < -0.4 is 16.0 Å². The van der Waals surface area contributed by atoms with Gasteiger partial charge in [0.15, 0.2) is 0 Å². The number of hydrogen-bond donors (Lipinski definition) is 3. The molecule has 3 saturated heterocycles. The summed E-state index contributed by atoms with van der Waals surface area (Å²) in [7, 11) is 0. The van der Waals surface area contributed by atoms with Crippen LogP contribution >= 0.6 is 11.6 Å². The zero-order valence-electron chi connectivity index (χ0n) is 17.8. The van der Waals surface area contributed by atoms with Crippen molar-refractivity contribution in [1.82, 2.24) is 20.9 Å². The maximum atomic E-state index is 12.4. The average molecular weight is 453 g/mol. The van der Waals surface area contributed by atoms with Crippen LogP contribution in [0.5, 0.6) is 0 Å². The van der Waals surface area contributed by atoms with E-state index in [4.69, 9.17) is 16.3 Å². The van der Waals surface area contributed by atoms with Gasteiger partial charge in [-0.2, -0.15) is 13.2 Å². The lowest BCUT2D eigenvalue weighted by molar-refractivity contribution is -0.189. The van der Waals surface area contributed by atoms with Crippen LogP contribution in [0.3, 0.4) is 0 Å². The third-order valence-corrected chi connectivity index (χ3v) is 8.20. The third kappa shape index (κ3) is 5.62. The second-order valence-electron chi connectivity index (χ2n) is 9.67. The van der Waals surface area contributed by atoms with E-state index in [1.165, 1.54) is 6.42 Å². The van der Waals surface area contributed by atoms with Gasteiger partial charge in [0.05, 0.1) is 12.3 Å². The zero-order valence-corrected chi connectivity index (χ0v) is 18.5. The Bertz CT molecular complexity index is 561. The molecular formula is C21H36ClF3N4O. The van der Waals surface area contributed by atoms with Gasteiger partial charge in [-0.15, -0.1) is 11.6 Å². The zero-order chi connectivity index (χ0) is 21.3. The number of nitrogens with zero attached hydrogens (tertiary/aromatic N) is 1. The molecule has 4 aliphatic rings. The molecule has 0 aromatic rings. The summed E-state index contributed by atoms with van der Waals surface area (Å²) < 4.78 is 42.3. The van der Waals surface area contributed by atoms with Crippen molar-refractivity contribution in [2.45, 2.75) is 87.4 Å². The largest absolute Gasteiger partial charge is 0.411 e. The Kier molecular flexibility index (Phi) is 7.52. The Balaban J connectivity index is 1.26. The molecule has 3 N–H and O–H groups in total. The second kappa shape index (κ2) is 9.79. The van der Waals surface area contributed by atoms with Crippen LogP contribution in [-0.2, 0) is 4.74 Å².